The number of nitrogens with zero attached hydrogens (tertiary/aromatic N) is 1. The van der Waals surface area contributed by atoms with Crippen LogP contribution in [-0.2, 0) is 6.11 Å². The fraction of sp³-hybridized carbons (Fsp3) is 0.129. The van der Waals surface area contributed by atoms with Crippen molar-refractivity contribution in [2.75, 3.05) is 0 Å². The number of allylic oxidation sites excluding steroid dienone is 1. The molecule has 0 spiro atoms. The molecule has 4 aromatic carbocycles. The van der Waals surface area contributed by atoms with Gasteiger partial charge in [0.25, 0.3) is 6.43 Å². The molecule has 1 aliphatic heterocycles. The average Bonchev–Trinajstić information content (AvgIpc) is 2.92. The maximum Gasteiger partial charge on any atom is 0.432 e. The van der Waals surface area contributed by atoms with E-state index in [9.17, 15) is 39.5 Å². The molecule has 0 aliphatic carbocycles. The maximum absolute atomic E-state index is 14.9. The molecular weight excluding hydrogens is 587 g/mol. The first-order valence-electron chi connectivity index (χ1n) is 12.5. The third-order valence-electron chi connectivity index (χ3n) is 6.58. The first-order valence-corrected chi connectivity index (χ1v) is 12.5. The van der Waals surface area contributed by atoms with Gasteiger partial charge < -0.3 is 10.1 Å². The molecule has 0 radical (unpaired) electrons. The van der Waals surface area contributed by atoms with Crippen molar-refractivity contribution in [3.05, 3.63) is 124 Å². The van der Waals surface area contributed by atoms with Crippen molar-refractivity contribution >= 4 is 6.21 Å². The molecule has 4 aromatic rings. The van der Waals surface area contributed by atoms with E-state index in [4.69, 9.17) is 0 Å². The van der Waals surface area contributed by atoms with Crippen molar-refractivity contribution in [1.29, 1.82) is 0 Å². The summed E-state index contributed by atoms with van der Waals surface area (Å²) in [6.07, 6.45) is -5.09. The molecule has 5 rings (SSSR count). The van der Waals surface area contributed by atoms with Gasteiger partial charge >= 0.3 is 6.11 Å². The number of alkyl halides is 4. The summed E-state index contributed by atoms with van der Waals surface area (Å²) >= 11 is 0. The Bertz CT molecular complexity index is 1750. The van der Waals surface area contributed by atoms with E-state index in [2.05, 4.69) is 15.0 Å². The minimum atomic E-state index is -4.65. The monoisotopic (exact) mass is 606 g/mol. The zero-order valence-electron chi connectivity index (χ0n) is 21.9. The first-order chi connectivity index (χ1) is 20.3. The van der Waals surface area contributed by atoms with Crippen LogP contribution in [0.4, 0.5) is 39.5 Å². The Morgan fingerprint density at radius 1 is 0.744 bits per heavy atom. The lowest BCUT2D eigenvalue weighted by Gasteiger charge is -2.21. The van der Waals surface area contributed by atoms with Gasteiger partial charge in [-0.05, 0) is 71.7 Å². The highest BCUT2D eigenvalue weighted by Crippen LogP contribution is 2.39. The lowest BCUT2D eigenvalue weighted by Crippen LogP contribution is -2.25. The van der Waals surface area contributed by atoms with Gasteiger partial charge in [-0.25, -0.2) is 30.7 Å². The molecule has 43 heavy (non-hydrogen) atoms. The Morgan fingerprint density at radius 3 is 1.95 bits per heavy atom. The molecule has 0 fully saturated rings. The average molecular weight is 606 g/mol. The summed E-state index contributed by atoms with van der Waals surface area (Å²) in [4.78, 5) is 4.21. The second-order valence-corrected chi connectivity index (χ2v) is 9.59. The SMILES string of the molecule is CC1=CNC(c2ccc(-c3cc(F)c(C(F)(F)Oc4ccc(-c5ccc(C(F)F)c(F)c5)c(F)c4)c(F)c3)c(F)c2)N=C1. The highest BCUT2D eigenvalue weighted by atomic mass is 19.3. The van der Waals surface area contributed by atoms with Gasteiger partial charge in [0.1, 0.15) is 46.6 Å². The number of aliphatic imine (C=N–C) groups is 1. The molecule has 12 heteroatoms. The van der Waals surface area contributed by atoms with Gasteiger partial charge in [0.05, 0.1) is 5.56 Å². The predicted octanol–water partition coefficient (Wildman–Crippen LogP) is 9.36. The van der Waals surface area contributed by atoms with E-state index in [1.54, 1.807) is 19.3 Å². The van der Waals surface area contributed by atoms with Gasteiger partial charge in [-0.3, -0.25) is 4.99 Å². The van der Waals surface area contributed by atoms with E-state index < -0.39 is 64.7 Å². The Labute approximate surface area is 239 Å². The zero-order valence-corrected chi connectivity index (χ0v) is 21.9. The third kappa shape index (κ3) is 6.08. The minimum absolute atomic E-state index is 0.166. The summed E-state index contributed by atoms with van der Waals surface area (Å²) in [5.41, 5.74) is -2.58. The van der Waals surface area contributed by atoms with Gasteiger partial charge in [0.2, 0.25) is 0 Å². The van der Waals surface area contributed by atoms with Crippen LogP contribution in [0, 0.1) is 29.1 Å². The Balaban J connectivity index is 1.38. The molecule has 1 aliphatic rings. The summed E-state index contributed by atoms with van der Waals surface area (Å²) in [5.74, 6) is -7.73. The fourth-order valence-corrected chi connectivity index (χ4v) is 4.47. The van der Waals surface area contributed by atoms with Crippen LogP contribution in [-0.4, -0.2) is 6.21 Å². The molecule has 3 nitrogen and oxygen atoms in total. The second-order valence-electron chi connectivity index (χ2n) is 9.59. The molecule has 0 saturated heterocycles. The molecule has 0 bridgehead atoms. The fourth-order valence-electron chi connectivity index (χ4n) is 4.47. The lowest BCUT2D eigenvalue weighted by molar-refractivity contribution is -0.189. The molecule has 1 unspecified atom stereocenters. The Kier molecular flexibility index (Phi) is 7.96. The van der Waals surface area contributed by atoms with Crippen LogP contribution in [0.5, 0.6) is 5.75 Å². The molecule has 222 valence electrons. The lowest BCUT2D eigenvalue weighted by atomic mass is 9.99. The summed E-state index contributed by atoms with van der Waals surface area (Å²) in [6, 6.07) is 9.43. The van der Waals surface area contributed by atoms with Crippen LogP contribution < -0.4 is 10.1 Å². The minimum Gasteiger partial charge on any atom is -0.429 e. The summed E-state index contributed by atoms with van der Waals surface area (Å²) < 4.78 is 133. The summed E-state index contributed by atoms with van der Waals surface area (Å²) in [7, 11) is 0. The largest absolute Gasteiger partial charge is 0.432 e. The van der Waals surface area contributed by atoms with Gasteiger partial charge in [0, 0.05) is 29.6 Å². The smallest absolute Gasteiger partial charge is 0.429 e. The number of benzene rings is 4. The van der Waals surface area contributed by atoms with E-state index in [1.807, 2.05) is 0 Å². The van der Waals surface area contributed by atoms with Gasteiger partial charge in [-0.1, -0.05) is 18.2 Å². The van der Waals surface area contributed by atoms with Crippen LogP contribution in [0.25, 0.3) is 22.3 Å². The number of halogens is 9. The molecule has 1 heterocycles. The number of nitrogens with one attached hydrogen (secondary N) is 1. The molecule has 0 aromatic heterocycles. The van der Waals surface area contributed by atoms with E-state index in [0.717, 1.165) is 35.9 Å². The van der Waals surface area contributed by atoms with Crippen molar-refractivity contribution < 1.29 is 44.3 Å². The van der Waals surface area contributed by atoms with E-state index >= 15 is 0 Å². The summed E-state index contributed by atoms with van der Waals surface area (Å²) in [6.45, 7) is 1.80. The van der Waals surface area contributed by atoms with Gasteiger partial charge in [-0.2, -0.15) is 8.78 Å². The normalized spacial score (nSPS) is 15.0. The van der Waals surface area contributed by atoms with E-state index in [1.165, 1.54) is 12.1 Å². The molecule has 1 atom stereocenters. The topological polar surface area (TPSA) is 33.6 Å². The van der Waals surface area contributed by atoms with Crippen LogP contribution >= 0.6 is 0 Å². The van der Waals surface area contributed by atoms with Gasteiger partial charge in [0.15, 0.2) is 0 Å². The number of hydrogen-bond acceptors (Lipinski definition) is 3. The Hall–Kier alpha value is -4.74. The molecule has 1 N–H and O–H groups in total. The van der Waals surface area contributed by atoms with E-state index in [0.29, 0.717) is 29.8 Å². The number of hydrogen-bond donors (Lipinski definition) is 1. The first kappa shape index (κ1) is 29.7. The number of rotatable bonds is 7. The van der Waals surface area contributed by atoms with Crippen LogP contribution in [0.1, 0.15) is 36.2 Å². The van der Waals surface area contributed by atoms with Crippen LogP contribution in [0.2, 0.25) is 0 Å². The maximum atomic E-state index is 14.9. The van der Waals surface area contributed by atoms with Crippen molar-refractivity contribution in [2.24, 2.45) is 4.99 Å². The number of ether oxygens (including phenoxy) is 1. The predicted molar refractivity (Wildman–Crippen MR) is 141 cm³/mol. The van der Waals surface area contributed by atoms with Crippen LogP contribution in [0.3, 0.4) is 0 Å². The van der Waals surface area contributed by atoms with Crippen LogP contribution in [0.15, 0.2) is 83.5 Å². The zero-order chi connectivity index (χ0) is 31.1. The highest BCUT2D eigenvalue weighted by Gasteiger charge is 2.41. The second kappa shape index (κ2) is 11.5. The molecule has 0 amide bonds. The van der Waals surface area contributed by atoms with Crippen molar-refractivity contribution in [3.8, 4) is 28.0 Å². The van der Waals surface area contributed by atoms with Crippen molar-refractivity contribution in [3.63, 3.8) is 0 Å². The molecular formula is C31H19F9N2O. The standard InChI is InChI=1S/C31H19F9N2O/c1-15-13-41-30(42-14-15)17-3-5-21(23(32)9-17)18-10-26(35)28(27(36)11-18)31(39,40)43-19-4-7-20(25(34)12-19)16-2-6-22(29(37)38)24(33)8-16/h2-14,29-30,41H,1H3. The van der Waals surface area contributed by atoms with Crippen molar-refractivity contribution in [2.45, 2.75) is 25.6 Å². The quantitative estimate of drug-likeness (QED) is 0.213. The van der Waals surface area contributed by atoms with Gasteiger partial charge in [-0.15, -0.1) is 0 Å². The van der Waals surface area contributed by atoms with E-state index in [-0.39, 0.29) is 22.3 Å². The third-order valence-corrected chi connectivity index (χ3v) is 6.58. The Morgan fingerprint density at radius 2 is 1.37 bits per heavy atom. The highest BCUT2D eigenvalue weighted by molar-refractivity contribution is 5.78. The molecule has 0 saturated carbocycles. The summed E-state index contributed by atoms with van der Waals surface area (Å²) in [5, 5.41) is 2.95. The van der Waals surface area contributed by atoms with Crippen molar-refractivity contribution in [1.82, 2.24) is 5.32 Å².